The first-order valence-electron chi connectivity index (χ1n) is 3.85. The van der Waals surface area contributed by atoms with Crippen LogP contribution in [0.3, 0.4) is 0 Å². The van der Waals surface area contributed by atoms with Gasteiger partial charge < -0.3 is 5.73 Å². The van der Waals surface area contributed by atoms with Crippen LogP contribution in [0.1, 0.15) is 6.42 Å². The maximum Gasteiger partial charge on any atom is 0.151 e. The van der Waals surface area contributed by atoms with Crippen LogP contribution in [0.2, 0.25) is 0 Å². The molecule has 0 bridgehead atoms. The first-order valence-corrected chi connectivity index (χ1v) is 7.73. The molecule has 0 aliphatic heterocycles. The van der Waals surface area contributed by atoms with Gasteiger partial charge in [-0.15, -0.1) is 0 Å². The van der Waals surface area contributed by atoms with Gasteiger partial charge in [-0.1, -0.05) is 0 Å². The maximum absolute atomic E-state index is 11.1. The van der Waals surface area contributed by atoms with E-state index in [1.807, 2.05) is 0 Å². The van der Waals surface area contributed by atoms with E-state index < -0.39 is 19.7 Å². The second kappa shape index (κ2) is 4.92. The van der Waals surface area contributed by atoms with Gasteiger partial charge >= 0.3 is 0 Å². The van der Waals surface area contributed by atoms with Crippen molar-refractivity contribution in [1.29, 1.82) is 0 Å². The first kappa shape index (κ1) is 12.9. The SMILES string of the molecule is CS(=O)(=O)CCS(=O)(=O)CCCN. The third kappa shape index (κ3) is 8.20. The number of hydrogen-bond acceptors (Lipinski definition) is 5. The number of sulfone groups is 2. The molecule has 13 heavy (non-hydrogen) atoms. The van der Waals surface area contributed by atoms with E-state index in [1.165, 1.54) is 0 Å². The molecule has 7 heteroatoms. The highest BCUT2D eigenvalue weighted by Crippen LogP contribution is 1.95. The molecule has 0 heterocycles. The molecule has 0 saturated carbocycles. The van der Waals surface area contributed by atoms with Crippen molar-refractivity contribution in [2.24, 2.45) is 5.73 Å². The molecule has 0 rings (SSSR count). The molecule has 0 aromatic heterocycles. The monoisotopic (exact) mass is 229 g/mol. The fourth-order valence-electron chi connectivity index (χ4n) is 0.684. The van der Waals surface area contributed by atoms with Crippen molar-refractivity contribution in [3.63, 3.8) is 0 Å². The normalized spacial score (nSPS) is 13.1. The van der Waals surface area contributed by atoms with Gasteiger partial charge in [-0.2, -0.15) is 0 Å². The summed E-state index contributed by atoms with van der Waals surface area (Å²) in [6.45, 7) is 0.304. The highest BCUT2D eigenvalue weighted by molar-refractivity contribution is 7.94. The Labute approximate surface area is 79.2 Å². The molecule has 0 spiro atoms. The molecule has 0 fully saturated rings. The number of hydrogen-bond donors (Lipinski definition) is 1. The Morgan fingerprint density at radius 1 is 1.00 bits per heavy atom. The van der Waals surface area contributed by atoms with Crippen LogP contribution in [0.5, 0.6) is 0 Å². The van der Waals surface area contributed by atoms with Crippen molar-refractivity contribution in [3.05, 3.63) is 0 Å². The lowest BCUT2D eigenvalue weighted by atomic mass is 10.5. The van der Waals surface area contributed by atoms with Gasteiger partial charge in [0.15, 0.2) is 9.84 Å². The lowest BCUT2D eigenvalue weighted by Gasteiger charge is -2.01. The van der Waals surface area contributed by atoms with Crippen molar-refractivity contribution in [3.8, 4) is 0 Å². The fraction of sp³-hybridized carbons (Fsp3) is 1.00. The van der Waals surface area contributed by atoms with Crippen LogP contribution in [0.25, 0.3) is 0 Å². The van der Waals surface area contributed by atoms with Gasteiger partial charge in [-0.05, 0) is 13.0 Å². The molecule has 0 aromatic carbocycles. The largest absolute Gasteiger partial charge is 0.330 e. The lowest BCUT2D eigenvalue weighted by molar-refractivity contribution is 0.588. The van der Waals surface area contributed by atoms with Crippen molar-refractivity contribution < 1.29 is 16.8 Å². The predicted molar refractivity (Wildman–Crippen MR) is 52.0 cm³/mol. The summed E-state index contributed by atoms with van der Waals surface area (Å²) in [6.07, 6.45) is 1.40. The smallest absolute Gasteiger partial charge is 0.151 e. The maximum atomic E-state index is 11.1. The van der Waals surface area contributed by atoms with E-state index in [0.717, 1.165) is 6.26 Å². The van der Waals surface area contributed by atoms with Crippen molar-refractivity contribution >= 4 is 19.7 Å². The third-order valence-corrected chi connectivity index (χ3v) is 4.37. The van der Waals surface area contributed by atoms with Gasteiger partial charge in [0.25, 0.3) is 0 Å². The van der Waals surface area contributed by atoms with E-state index in [9.17, 15) is 16.8 Å². The fourth-order valence-corrected chi connectivity index (χ4v) is 3.72. The zero-order chi connectivity index (χ0) is 10.5. The van der Waals surface area contributed by atoms with Crippen LogP contribution in [0.4, 0.5) is 0 Å². The molecule has 80 valence electrons. The van der Waals surface area contributed by atoms with Crippen molar-refractivity contribution in [2.45, 2.75) is 6.42 Å². The van der Waals surface area contributed by atoms with E-state index in [-0.39, 0.29) is 17.3 Å². The summed E-state index contributed by atoms with van der Waals surface area (Å²) >= 11 is 0. The second-order valence-electron chi connectivity index (χ2n) is 2.92. The van der Waals surface area contributed by atoms with Gasteiger partial charge in [0.1, 0.15) is 9.84 Å². The first-order chi connectivity index (χ1) is 5.77. The van der Waals surface area contributed by atoms with Gasteiger partial charge in [0.05, 0.1) is 17.3 Å². The van der Waals surface area contributed by atoms with Crippen LogP contribution in [0, 0.1) is 0 Å². The number of nitrogens with two attached hydrogens (primary N) is 1. The highest BCUT2D eigenvalue weighted by atomic mass is 32.2. The van der Waals surface area contributed by atoms with Crippen molar-refractivity contribution in [2.75, 3.05) is 30.1 Å². The minimum Gasteiger partial charge on any atom is -0.330 e. The predicted octanol–water partition coefficient (Wildman–Crippen LogP) is -1.21. The molecular formula is C6H15NO4S2. The molecule has 0 aromatic rings. The van der Waals surface area contributed by atoms with Crippen LogP contribution in [-0.2, 0) is 19.7 Å². The minimum atomic E-state index is -3.24. The van der Waals surface area contributed by atoms with E-state index in [2.05, 4.69) is 0 Å². The summed E-state index contributed by atoms with van der Waals surface area (Å²) in [4.78, 5) is 0. The highest BCUT2D eigenvalue weighted by Gasteiger charge is 2.13. The summed E-state index contributed by atoms with van der Waals surface area (Å²) in [7, 11) is -6.43. The quantitative estimate of drug-likeness (QED) is 0.617. The third-order valence-electron chi connectivity index (χ3n) is 1.42. The Kier molecular flexibility index (Phi) is 4.87. The minimum absolute atomic E-state index is 0.0288. The zero-order valence-electron chi connectivity index (χ0n) is 7.56. The molecule has 0 amide bonds. The topological polar surface area (TPSA) is 94.3 Å². The summed E-state index contributed by atoms with van der Waals surface area (Å²) in [5.74, 6) is -0.634. The van der Waals surface area contributed by atoms with Crippen LogP contribution in [-0.4, -0.2) is 46.9 Å². The molecule has 0 aliphatic carbocycles. The Bertz CT molecular complexity index is 330. The molecule has 0 aliphatic rings. The van der Waals surface area contributed by atoms with Gasteiger partial charge in [0.2, 0.25) is 0 Å². The molecule has 2 N–H and O–H groups in total. The van der Waals surface area contributed by atoms with Gasteiger partial charge in [-0.3, -0.25) is 0 Å². The standard InChI is InChI=1S/C6H15NO4S2/c1-12(8,9)5-6-13(10,11)4-2-3-7/h2-7H2,1H3. The molecular weight excluding hydrogens is 214 g/mol. The van der Waals surface area contributed by atoms with E-state index in [0.29, 0.717) is 13.0 Å². The molecule has 0 unspecified atom stereocenters. The van der Waals surface area contributed by atoms with Gasteiger partial charge in [0, 0.05) is 6.26 Å². The summed E-state index contributed by atoms with van der Waals surface area (Å²) in [6, 6.07) is 0. The Hall–Kier alpha value is -0.140. The Balaban J connectivity index is 4.05. The van der Waals surface area contributed by atoms with Crippen LogP contribution in [0.15, 0.2) is 0 Å². The zero-order valence-corrected chi connectivity index (χ0v) is 9.20. The van der Waals surface area contributed by atoms with Crippen LogP contribution < -0.4 is 5.73 Å². The summed E-state index contributed by atoms with van der Waals surface area (Å²) in [5, 5.41) is 0. The second-order valence-corrected chi connectivity index (χ2v) is 7.49. The molecule has 0 radical (unpaired) electrons. The average Bonchev–Trinajstić information content (AvgIpc) is 1.97. The van der Waals surface area contributed by atoms with Crippen molar-refractivity contribution in [1.82, 2.24) is 0 Å². The molecule has 5 nitrogen and oxygen atoms in total. The Morgan fingerprint density at radius 2 is 1.54 bits per heavy atom. The number of rotatable bonds is 6. The average molecular weight is 229 g/mol. The van der Waals surface area contributed by atoms with Crippen LogP contribution >= 0.6 is 0 Å². The summed E-state index contributed by atoms with van der Waals surface area (Å²) < 4.78 is 43.6. The Morgan fingerprint density at radius 3 is 1.92 bits per heavy atom. The van der Waals surface area contributed by atoms with E-state index >= 15 is 0 Å². The van der Waals surface area contributed by atoms with E-state index in [4.69, 9.17) is 5.73 Å². The summed E-state index contributed by atoms with van der Waals surface area (Å²) in [5.41, 5.74) is 5.13. The lowest BCUT2D eigenvalue weighted by Crippen LogP contribution is -2.20. The van der Waals surface area contributed by atoms with Gasteiger partial charge in [-0.25, -0.2) is 16.8 Å². The molecule has 0 saturated heterocycles. The molecule has 0 atom stereocenters. The van der Waals surface area contributed by atoms with E-state index in [1.54, 1.807) is 0 Å².